The molecule has 0 saturated heterocycles. The highest BCUT2D eigenvalue weighted by Crippen LogP contribution is 2.03. The Morgan fingerprint density at radius 3 is 2.45 bits per heavy atom. The van der Waals surface area contributed by atoms with Gasteiger partial charge in [0.05, 0.1) is 5.70 Å². The molecule has 0 heterocycles. The lowest BCUT2D eigenvalue weighted by atomic mass is 10.3. The molecule has 0 radical (unpaired) electrons. The third-order valence-corrected chi connectivity index (χ3v) is 1.07. The lowest BCUT2D eigenvalue weighted by Crippen LogP contribution is -2.04. The zero-order valence-corrected chi connectivity index (χ0v) is 6.60. The van der Waals surface area contributed by atoms with Gasteiger partial charge in [0.25, 0.3) is 0 Å². The molecule has 0 rings (SSSR count). The van der Waals surface area contributed by atoms with Crippen molar-refractivity contribution >= 4 is 0 Å². The SMILES string of the molecule is C=C/C=C\C=C(\NC)C(=C)F. The van der Waals surface area contributed by atoms with E-state index < -0.39 is 5.83 Å². The minimum absolute atomic E-state index is 0.378. The van der Waals surface area contributed by atoms with Gasteiger partial charge in [-0.15, -0.1) is 0 Å². The molecule has 0 spiro atoms. The monoisotopic (exact) mass is 153 g/mol. The lowest BCUT2D eigenvalue weighted by Gasteiger charge is -1.99. The van der Waals surface area contributed by atoms with Crippen LogP contribution < -0.4 is 5.32 Å². The highest BCUT2D eigenvalue weighted by molar-refractivity contribution is 5.25. The van der Waals surface area contributed by atoms with E-state index in [1.165, 1.54) is 0 Å². The van der Waals surface area contributed by atoms with Crippen LogP contribution in [-0.2, 0) is 0 Å². The summed E-state index contributed by atoms with van der Waals surface area (Å²) in [6.45, 7) is 6.62. The van der Waals surface area contributed by atoms with Gasteiger partial charge in [-0.2, -0.15) is 0 Å². The molecule has 0 aliphatic heterocycles. The Kier molecular flexibility index (Phi) is 4.82. The summed E-state index contributed by atoms with van der Waals surface area (Å²) < 4.78 is 12.4. The standard InChI is InChI=1S/C9H12FN/c1-4-5-6-7-9(11-3)8(2)10/h4-7,11H,1-2H2,3H3/b6-5-,9-7+. The van der Waals surface area contributed by atoms with Crippen LogP contribution in [0.5, 0.6) is 0 Å². The molecule has 0 aromatic rings. The van der Waals surface area contributed by atoms with Gasteiger partial charge in [-0.25, -0.2) is 4.39 Å². The van der Waals surface area contributed by atoms with Gasteiger partial charge in [0.1, 0.15) is 5.83 Å². The van der Waals surface area contributed by atoms with E-state index >= 15 is 0 Å². The molecule has 0 atom stereocenters. The van der Waals surface area contributed by atoms with E-state index in [0.29, 0.717) is 5.70 Å². The first-order valence-electron chi connectivity index (χ1n) is 3.24. The van der Waals surface area contributed by atoms with Crippen molar-refractivity contribution in [3.05, 3.63) is 49.0 Å². The van der Waals surface area contributed by atoms with Crippen molar-refractivity contribution in [3.8, 4) is 0 Å². The molecule has 0 unspecified atom stereocenters. The molecule has 0 saturated carbocycles. The molecular formula is C9H12FN. The molecule has 11 heavy (non-hydrogen) atoms. The Morgan fingerprint density at radius 1 is 1.45 bits per heavy atom. The topological polar surface area (TPSA) is 12.0 Å². The molecule has 60 valence electrons. The quantitative estimate of drug-likeness (QED) is 0.611. The smallest absolute Gasteiger partial charge is 0.139 e. The molecule has 0 aromatic carbocycles. The lowest BCUT2D eigenvalue weighted by molar-refractivity contribution is 0.638. The fourth-order valence-electron chi connectivity index (χ4n) is 0.540. The van der Waals surface area contributed by atoms with E-state index in [4.69, 9.17) is 0 Å². The molecule has 1 N–H and O–H groups in total. The van der Waals surface area contributed by atoms with E-state index in [0.717, 1.165) is 0 Å². The Labute approximate surface area is 66.6 Å². The van der Waals surface area contributed by atoms with Gasteiger partial charge >= 0.3 is 0 Å². The number of hydrogen-bond donors (Lipinski definition) is 1. The summed E-state index contributed by atoms with van der Waals surface area (Å²) in [6, 6.07) is 0. The molecule has 0 amide bonds. The van der Waals surface area contributed by atoms with Crippen LogP contribution in [0.4, 0.5) is 4.39 Å². The number of allylic oxidation sites excluding steroid dienone is 5. The number of halogens is 1. The summed E-state index contributed by atoms with van der Waals surface area (Å²) in [7, 11) is 1.64. The summed E-state index contributed by atoms with van der Waals surface area (Å²) in [5.74, 6) is -0.471. The number of likely N-dealkylation sites (N-methyl/N-ethyl adjacent to an activating group) is 1. The van der Waals surface area contributed by atoms with Crippen molar-refractivity contribution in [1.82, 2.24) is 5.32 Å². The fourth-order valence-corrected chi connectivity index (χ4v) is 0.540. The average molecular weight is 153 g/mol. The second-order valence-electron chi connectivity index (χ2n) is 1.86. The van der Waals surface area contributed by atoms with Gasteiger partial charge in [-0.1, -0.05) is 31.4 Å². The van der Waals surface area contributed by atoms with Gasteiger partial charge in [0.15, 0.2) is 0 Å². The largest absolute Gasteiger partial charge is 0.386 e. The van der Waals surface area contributed by atoms with Crippen LogP contribution in [0.1, 0.15) is 0 Å². The third kappa shape index (κ3) is 4.14. The Hall–Kier alpha value is -1.31. The summed E-state index contributed by atoms with van der Waals surface area (Å²) in [5, 5.41) is 2.66. The number of rotatable bonds is 4. The molecular weight excluding hydrogens is 141 g/mol. The van der Waals surface area contributed by atoms with Crippen molar-refractivity contribution < 1.29 is 4.39 Å². The first kappa shape index (κ1) is 9.69. The second-order valence-corrected chi connectivity index (χ2v) is 1.86. The van der Waals surface area contributed by atoms with E-state index in [9.17, 15) is 4.39 Å². The zero-order valence-electron chi connectivity index (χ0n) is 6.60. The van der Waals surface area contributed by atoms with Crippen molar-refractivity contribution in [2.45, 2.75) is 0 Å². The first-order chi connectivity index (χ1) is 5.22. The van der Waals surface area contributed by atoms with Crippen molar-refractivity contribution in [2.24, 2.45) is 0 Å². The summed E-state index contributed by atoms with van der Waals surface area (Å²) in [6.07, 6.45) is 6.60. The third-order valence-electron chi connectivity index (χ3n) is 1.07. The van der Waals surface area contributed by atoms with E-state index in [-0.39, 0.29) is 0 Å². The predicted molar refractivity (Wildman–Crippen MR) is 46.7 cm³/mol. The van der Waals surface area contributed by atoms with E-state index in [1.807, 2.05) is 0 Å². The van der Waals surface area contributed by atoms with Gasteiger partial charge in [-0.05, 0) is 6.08 Å². The van der Waals surface area contributed by atoms with Crippen molar-refractivity contribution in [3.63, 3.8) is 0 Å². The van der Waals surface area contributed by atoms with Crippen molar-refractivity contribution in [1.29, 1.82) is 0 Å². The molecule has 0 aliphatic carbocycles. The molecule has 0 aromatic heterocycles. The average Bonchev–Trinajstić information content (AvgIpc) is 1.97. The minimum atomic E-state index is -0.471. The van der Waals surface area contributed by atoms with Gasteiger partial charge < -0.3 is 5.32 Å². The van der Waals surface area contributed by atoms with Gasteiger partial charge in [0, 0.05) is 7.05 Å². The van der Waals surface area contributed by atoms with E-state index in [1.54, 1.807) is 31.4 Å². The van der Waals surface area contributed by atoms with Crippen LogP contribution in [0.3, 0.4) is 0 Å². The second kappa shape index (κ2) is 5.47. The van der Waals surface area contributed by atoms with Crippen LogP contribution >= 0.6 is 0 Å². The maximum Gasteiger partial charge on any atom is 0.139 e. The van der Waals surface area contributed by atoms with Crippen molar-refractivity contribution in [2.75, 3.05) is 7.05 Å². The molecule has 1 nitrogen and oxygen atoms in total. The highest BCUT2D eigenvalue weighted by Gasteiger charge is 1.93. The summed E-state index contributed by atoms with van der Waals surface area (Å²) >= 11 is 0. The van der Waals surface area contributed by atoms with Crippen LogP contribution in [0.15, 0.2) is 49.0 Å². The Morgan fingerprint density at radius 2 is 2.09 bits per heavy atom. The summed E-state index contributed by atoms with van der Waals surface area (Å²) in [4.78, 5) is 0. The number of hydrogen-bond acceptors (Lipinski definition) is 1. The van der Waals surface area contributed by atoms with Crippen LogP contribution in [0, 0.1) is 0 Å². The molecule has 2 heteroatoms. The predicted octanol–water partition coefficient (Wildman–Crippen LogP) is 2.32. The fraction of sp³-hybridized carbons (Fsp3) is 0.111. The Bertz CT molecular complexity index is 202. The summed E-state index contributed by atoms with van der Waals surface area (Å²) in [5.41, 5.74) is 0.378. The first-order valence-corrected chi connectivity index (χ1v) is 3.24. The maximum absolute atomic E-state index is 12.4. The van der Waals surface area contributed by atoms with Crippen LogP contribution in [-0.4, -0.2) is 7.05 Å². The minimum Gasteiger partial charge on any atom is -0.386 e. The van der Waals surface area contributed by atoms with E-state index in [2.05, 4.69) is 18.5 Å². The molecule has 0 aliphatic rings. The molecule has 0 fully saturated rings. The Balaban J connectivity index is 4.23. The molecule has 0 bridgehead atoms. The van der Waals surface area contributed by atoms with Gasteiger partial charge in [-0.3, -0.25) is 0 Å². The highest BCUT2D eigenvalue weighted by atomic mass is 19.1. The van der Waals surface area contributed by atoms with Crippen LogP contribution in [0.2, 0.25) is 0 Å². The van der Waals surface area contributed by atoms with Gasteiger partial charge in [0.2, 0.25) is 0 Å². The number of nitrogens with one attached hydrogen (secondary N) is 1. The zero-order chi connectivity index (χ0) is 8.69. The maximum atomic E-state index is 12.4. The normalized spacial score (nSPS) is 11.6. The van der Waals surface area contributed by atoms with Crippen LogP contribution in [0.25, 0.3) is 0 Å².